The fourth-order valence-corrected chi connectivity index (χ4v) is 7.95. The van der Waals surface area contributed by atoms with E-state index < -0.39 is 36.0 Å². The SMILES string of the molecule is CCCC(=O)Oc1cc(S(=O)(=O)N(C)C)c2ccc3c(S(=O)(=O)N(C)C)cc(S(=O)(=O)N(C)C)c4ccc1c2c43. The Morgan fingerprint density at radius 3 is 1.35 bits per heavy atom. The van der Waals surface area contributed by atoms with Crippen molar-refractivity contribution in [3.05, 3.63) is 36.4 Å². The van der Waals surface area contributed by atoms with Crippen LogP contribution in [-0.4, -0.2) is 86.4 Å². The molecule has 0 aliphatic heterocycles. The molecule has 4 aromatic rings. The zero-order valence-electron chi connectivity index (χ0n) is 23.2. The number of rotatable bonds is 9. The van der Waals surface area contributed by atoms with Crippen LogP contribution < -0.4 is 4.74 Å². The Morgan fingerprint density at radius 2 is 0.975 bits per heavy atom. The van der Waals surface area contributed by atoms with E-state index >= 15 is 0 Å². The maximum atomic E-state index is 13.5. The number of benzene rings is 4. The first-order valence-electron chi connectivity index (χ1n) is 12.2. The van der Waals surface area contributed by atoms with Crippen LogP contribution in [0.3, 0.4) is 0 Å². The number of ether oxygens (including phenoxy) is 1. The highest BCUT2D eigenvalue weighted by Crippen LogP contribution is 2.46. The van der Waals surface area contributed by atoms with Gasteiger partial charge in [-0.2, -0.15) is 0 Å². The molecule has 0 aromatic heterocycles. The minimum atomic E-state index is -4.16. The molecule has 0 N–H and O–H groups in total. The summed E-state index contributed by atoms with van der Waals surface area (Å²) in [5.74, 6) is -0.601. The van der Waals surface area contributed by atoms with Crippen LogP contribution in [0.2, 0.25) is 0 Å². The molecule has 0 aliphatic rings. The Hall–Kier alpha value is -2.88. The number of carbonyl (C=O) groups is 1. The fourth-order valence-electron chi connectivity index (χ4n) is 4.56. The maximum absolute atomic E-state index is 13.5. The van der Waals surface area contributed by atoms with Crippen molar-refractivity contribution in [2.75, 3.05) is 42.3 Å². The molecule has 0 radical (unpaired) electrons. The topological polar surface area (TPSA) is 138 Å². The molecule has 0 unspecified atom stereocenters. The van der Waals surface area contributed by atoms with E-state index in [2.05, 4.69) is 0 Å². The molecule has 11 nitrogen and oxygen atoms in total. The van der Waals surface area contributed by atoms with Gasteiger partial charge in [-0.3, -0.25) is 4.79 Å². The molecular weight excluding hydrogens is 579 g/mol. The summed E-state index contributed by atoms with van der Waals surface area (Å²) < 4.78 is 89.4. The second kappa shape index (κ2) is 10.2. The lowest BCUT2D eigenvalue weighted by molar-refractivity contribution is -0.134. The van der Waals surface area contributed by atoms with E-state index in [1.807, 2.05) is 0 Å². The molecule has 14 heteroatoms. The van der Waals surface area contributed by atoms with Crippen molar-refractivity contribution in [1.29, 1.82) is 0 Å². The molecule has 0 fully saturated rings. The van der Waals surface area contributed by atoms with E-state index in [-0.39, 0.29) is 53.8 Å². The van der Waals surface area contributed by atoms with E-state index in [4.69, 9.17) is 4.74 Å². The Bertz CT molecular complexity index is 1930. The molecule has 4 rings (SSSR count). The van der Waals surface area contributed by atoms with Crippen molar-refractivity contribution >= 4 is 68.4 Å². The molecule has 40 heavy (non-hydrogen) atoms. The smallest absolute Gasteiger partial charge is 0.311 e. The van der Waals surface area contributed by atoms with Crippen LogP contribution in [0.25, 0.3) is 32.3 Å². The number of hydrogen-bond donors (Lipinski definition) is 0. The van der Waals surface area contributed by atoms with Gasteiger partial charge < -0.3 is 4.74 Å². The largest absolute Gasteiger partial charge is 0.426 e. The first kappa shape index (κ1) is 30.1. The predicted molar refractivity (Wildman–Crippen MR) is 153 cm³/mol. The number of sulfonamides is 3. The van der Waals surface area contributed by atoms with Gasteiger partial charge in [-0.15, -0.1) is 0 Å². The summed E-state index contributed by atoms with van der Waals surface area (Å²) in [5.41, 5.74) is 0. The summed E-state index contributed by atoms with van der Waals surface area (Å²) in [6.45, 7) is 1.80. The van der Waals surface area contributed by atoms with Crippen LogP contribution in [-0.2, 0) is 34.9 Å². The van der Waals surface area contributed by atoms with Gasteiger partial charge in [0, 0.05) is 87.1 Å². The highest BCUT2D eigenvalue weighted by Gasteiger charge is 2.32. The lowest BCUT2D eigenvalue weighted by Gasteiger charge is -2.23. The average Bonchev–Trinajstić information content (AvgIpc) is 2.86. The minimum absolute atomic E-state index is 0.0290. The Labute approximate surface area is 234 Å². The van der Waals surface area contributed by atoms with Gasteiger partial charge in [0.25, 0.3) is 0 Å². The molecule has 0 amide bonds. The lowest BCUT2D eigenvalue weighted by Crippen LogP contribution is -2.25. The van der Waals surface area contributed by atoms with E-state index in [1.165, 1.54) is 66.6 Å². The minimum Gasteiger partial charge on any atom is -0.426 e. The predicted octanol–water partition coefficient (Wildman–Crippen LogP) is 3.04. The zero-order chi connectivity index (χ0) is 29.9. The normalized spacial score (nSPS) is 13.4. The van der Waals surface area contributed by atoms with E-state index in [1.54, 1.807) is 13.0 Å². The van der Waals surface area contributed by atoms with Crippen LogP contribution in [0.4, 0.5) is 0 Å². The summed E-state index contributed by atoms with van der Waals surface area (Å²) >= 11 is 0. The van der Waals surface area contributed by atoms with Gasteiger partial charge in [0.1, 0.15) is 5.75 Å². The molecule has 0 saturated heterocycles. The highest BCUT2D eigenvalue weighted by atomic mass is 32.2. The van der Waals surface area contributed by atoms with Gasteiger partial charge in [-0.05, 0) is 18.6 Å². The van der Waals surface area contributed by atoms with Crippen molar-refractivity contribution in [3.8, 4) is 5.75 Å². The first-order valence-corrected chi connectivity index (χ1v) is 16.6. The van der Waals surface area contributed by atoms with Crippen molar-refractivity contribution in [2.45, 2.75) is 34.5 Å². The molecule has 0 bridgehead atoms. The van der Waals surface area contributed by atoms with Crippen LogP contribution >= 0.6 is 0 Å². The zero-order valence-corrected chi connectivity index (χ0v) is 25.7. The molecule has 216 valence electrons. The second-order valence-corrected chi connectivity index (χ2v) is 16.3. The van der Waals surface area contributed by atoms with Crippen molar-refractivity contribution in [3.63, 3.8) is 0 Å². The maximum Gasteiger partial charge on any atom is 0.311 e. The van der Waals surface area contributed by atoms with Crippen molar-refractivity contribution < 1.29 is 34.8 Å². The molecular formula is C26H31N3O8S3. The molecule has 0 heterocycles. The van der Waals surface area contributed by atoms with E-state index in [0.717, 1.165) is 19.0 Å². The monoisotopic (exact) mass is 609 g/mol. The Kier molecular flexibility index (Phi) is 7.67. The molecule has 0 aliphatic carbocycles. The third kappa shape index (κ3) is 4.62. The van der Waals surface area contributed by atoms with Gasteiger partial charge in [0.05, 0.1) is 14.7 Å². The summed E-state index contributed by atoms with van der Waals surface area (Å²) in [5, 5.41) is 1.45. The Balaban J connectivity index is 2.36. The molecule has 0 spiro atoms. The van der Waals surface area contributed by atoms with Crippen LogP contribution in [0.1, 0.15) is 19.8 Å². The number of carbonyl (C=O) groups excluding carboxylic acids is 1. The van der Waals surface area contributed by atoms with Gasteiger partial charge >= 0.3 is 5.97 Å². The summed E-state index contributed by atoms with van der Waals surface area (Å²) in [6.07, 6.45) is 0.596. The quantitative estimate of drug-likeness (QED) is 0.160. The Morgan fingerprint density at radius 1 is 0.625 bits per heavy atom. The van der Waals surface area contributed by atoms with Gasteiger partial charge in [-0.25, -0.2) is 38.2 Å². The van der Waals surface area contributed by atoms with Gasteiger partial charge in [0.2, 0.25) is 30.1 Å². The number of esters is 1. The summed E-state index contributed by atoms with van der Waals surface area (Å²) in [7, 11) is -4.35. The van der Waals surface area contributed by atoms with E-state index in [9.17, 15) is 30.0 Å². The average molecular weight is 610 g/mol. The standard InChI is InChI=1S/C26H31N3O8S3/c1-8-9-24(30)37-20-14-21(38(31,32)27(2)3)17-12-13-19-23(40(35,36)29(6)7)15-22(39(33,34)28(4)5)18-11-10-16(20)25(17)26(18)19/h10-15H,8-9H2,1-7H3. The second-order valence-electron chi connectivity index (χ2n) is 9.90. The highest BCUT2D eigenvalue weighted by molar-refractivity contribution is 7.90. The summed E-state index contributed by atoms with van der Waals surface area (Å²) in [6, 6.07) is 8.45. The molecule has 0 atom stereocenters. The first-order chi connectivity index (χ1) is 18.5. The van der Waals surface area contributed by atoms with E-state index in [0.29, 0.717) is 11.8 Å². The van der Waals surface area contributed by atoms with Crippen molar-refractivity contribution in [1.82, 2.24) is 12.9 Å². The van der Waals surface area contributed by atoms with Crippen LogP contribution in [0.5, 0.6) is 5.75 Å². The van der Waals surface area contributed by atoms with Crippen molar-refractivity contribution in [2.24, 2.45) is 0 Å². The van der Waals surface area contributed by atoms with Crippen LogP contribution in [0, 0.1) is 0 Å². The third-order valence-electron chi connectivity index (χ3n) is 6.70. The lowest BCUT2D eigenvalue weighted by atomic mass is 9.93. The summed E-state index contributed by atoms with van der Waals surface area (Å²) in [4.78, 5) is 11.8. The fraction of sp³-hybridized carbons (Fsp3) is 0.346. The van der Waals surface area contributed by atoms with Gasteiger partial charge in [-0.1, -0.05) is 25.1 Å². The third-order valence-corrected chi connectivity index (χ3v) is 12.3. The molecule has 4 aromatic carbocycles. The number of hydrogen-bond acceptors (Lipinski definition) is 8. The number of nitrogens with zero attached hydrogens (tertiary/aromatic N) is 3. The van der Waals surface area contributed by atoms with Crippen LogP contribution in [0.15, 0.2) is 51.1 Å². The molecule has 0 saturated carbocycles. The van der Waals surface area contributed by atoms with Gasteiger partial charge in [0.15, 0.2) is 0 Å².